The second kappa shape index (κ2) is 5.01. The van der Waals surface area contributed by atoms with Gasteiger partial charge in [0, 0.05) is 7.05 Å². The first-order valence-corrected chi connectivity index (χ1v) is 6.76. The van der Waals surface area contributed by atoms with Crippen LogP contribution in [0.3, 0.4) is 0 Å². The van der Waals surface area contributed by atoms with E-state index in [-0.39, 0.29) is 23.2 Å². The van der Waals surface area contributed by atoms with Gasteiger partial charge in [0.25, 0.3) is 5.91 Å². The number of aromatic nitrogens is 2. The van der Waals surface area contributed by atoms with Crippen LogP contribution in [0.15, 0.2) is 12.1 Å². The average Bonchev–Trinajstić information content (AvgIpc) is 2.57. The molecule has 1 saturated heterocycles. The third-order valence-corrected chi connectivity index (χ3v) is 3.52. The van der Waals surface area contributed by atoms with E-state index in [0.29, 0.717) is 11.5 Å². The van der Waals surface area contributed by atoms with Crippen LogP contribution in [0.1, 0.15) is 44.6 Å². The summed E-state index contributed by atoms with van der Waals surface area (Å²) in [7, 11) is 1.57. The molecule has 6 heteroatoms. The molecular formula is C14H22N4O2. The zero-order valence-electron chi connectivity index (χ0n) is 12.7. The van der Waals surface area contributed by atoms with Crippen molar-refractivity contribution in [3.63, 3.8) is 0 Å². The van der Waals surface area contributed by atoms with Crippen LogP contribution in [0.25, 0.3) is 0 Å². The lowest BCUT2D eigenvalue weighted by Gasteiger charge is -2.27. The minimum atomic E-state index is -0.273. The molecule has 2 rings (SSSR count). The Hall–Kier alpha value is -1.69. The second-order valence-corrected chi connectivity index (χ2v) is 6.25. The van der Waals surface area contributed by atoms with Crippen LogP contribution in [0.4, 0.5) is 5.82 Å². The lowest BCUT2D eigenvalue weighted by molar-refractivity contribution is -0.0662. The Morgan fingerprint density at radius 3 is 2.45 bits per heavy atom. The molecule has 110 valence electrons. The molecule has 20 heavy (non-hydrogen) atoms. The number of hydrogen-bond acceptors (Lipinski definition) is 5. The van der Waals surface area contributed by atoms with Gasteiger partial charge in [-0.05, 0) is 46.2 Å². The van der Waals surface area contributed by atoms with Gasteiger partial charge in [0.05, 0.1) is 17.2 Å². The van der Waals surface area contributed by atoms with E-state index < -0.39 is 0 Å². The van der Waals surface area contributed by atoms with E-state index in [0.717, 1.165) is 6.42 Å². The quantitative estimate of drug-likeness (QED) is 0.878. The van der Waals surface area contributed by atoms with Gasteiger partial charge in [-0.3, -0.25) is 4.79 Å². The zero-order valence-corrected chi connectivity index (χ0v) is 12.7. The van der Waals surface area contributed by atoms with Gasteiger partial charge in [-0.25, -0.2) is 0 Å². The summed E-state index contributed by atoms with van der Waals surface area (Å²) in [5.74, 6) is 0.409. The first kappa shape index (κ1) is 14.7. The van der Waals surface area contributed by atoms with E-state index in [1.54, 1.807) is 19.2 Å². The van der Waals surface area contributed by atoms with Crippen LogP contribution in [0, 0.1) is 0 Å². The molecule has 6 nitrogen and oxygen atoms in total. The topological polar surface area (TPSA) is 76.1 Å². The van der Waals surface area contributed by atoms with Gasteiger partial charge in [-0.15, -0.1) is 10.2 Å². The van der Waals surface area contributed by atoms with Gasteiger partial charge in [-0.2, -0.15) is 0 Å². The monoisotopic (exact) mass is 278 g/mol. The van der Waals surface area contributed by atoms with Crippen molar-refractivity contribution in [2.24, 2.45) is 0 Å². The number of ether oxygens (including phenoxy) is 1. The maximum atomic E-state index is 11.4. The Kier molecular flexibility index (Phi) is 3.69. The molecule has 0 aromatic carbocycles. The third-order valence-electron chi connectivity index (χ3n) is 3.52. The first-order chi connectivity index (χ1) is 9.23. The predicted molar refractivity (Wildman–Crippen MR) is 76.7 cm³/mol. The fraction of sp³-hybridized carbons (Fsp3) is 0.643. The standard InChI is InChI=1S/C14H22N4O2/c1-13(2)8-10(14(3,4)20-13)16-11-7-6-9(17-18-11)12(19)15-5/h6-7,10H,8H2,1-5H3,(H,15,19)(H,16,18). The number of nitrogens with zero attached hydrogens (tertiary/aromatic N) is 2. The number of nitrogens with one attached hydrogen (secondary N) is 2. The molecule has 2 heterocycles. The largest absolute Gasteiger partial charge is 0.367 e. The van der Waals surface area contributed by atoms with Gasteiger partial charge >= 0.3 is 0 Å². The summed E-state index contributed by atoms with van der Waals surface area (Å²) in [6.07, 6.45) is 0.888. The molecule has 1 amide bonds. The maximum absolute atomic E-state index is 11.4. The molecule has 1 aliphatic heterocycles. The number of carbonyl (C=O) groups is 1. The number of carbonyl (C=O) groups excluding carboxylic acids is 1. The van der Waals surface area contributed by atoms with E-state index in [2.05, 4.69) is 48.5 Å². The molecule has 0 saturated carbocycles. The highest BCUT2D eigenvalue weighted by Crippen LogP contribution is 2.38. The van der Waals surface area contributed by atoms with Gasteiger partial charge in [0.1, 0.15) is 5.82 Å². The Morgan fingerprint density at radius 1 is 1.30 bits per heavy atom. The number of amides is 1. The summed E-state index contributed by atoms with van der Waals surface area (Å²) in [4.78, 5) is 11.4. The number of rotatable bonds is 3. The molecule has 1 unspecified atom stereocenters. The van der Waals surface area contributed by atoms with E-state index in [4.69, 9.17) is 4.74 Å². The molecule has 1 aromatic rings. The summed E-state index contributed by atoms with van der Waals surface area (Å²) in [5, 5.41) is 13.8. The summed E-state index contributed by atoms with van der Waals surface area (Å²) >= 11 is 0. The Balaban J connectivity index is 2.09. The summed E-state index contributed by atoms with van der Waals surface area (Å²) in [6.45, 7) is 8.28. The Bertz CT molecular complexity index is 496. The fourth-order valence-corrected chi connectivity index (χ4v) is 2.62. The SMILES string of the molecule is CNC(=O)c1ccc(NC2CC(C)(C)OC2(C)C)nn1. The van der Waals surface area contributed by atoms with Crippen LogP contribution in [-0.2, 0) is 4.74 Å². The average molecular weight is 278 g/mol. The van der Waals surface area contributed by atoms with Crippen molar-refractivity contribution in [2.75, 3.05) is 12.4 Å². The van der Waals surface area contributed by atoms with Crippen molar-refractivity contribution in [1.29, 1.82) is 0 Å². The van der Waals surface area contributed by atoms with Crippen molar-refractivity contribution >= 4 is 11.7 Å². The van der Waals surface area contributed by atoms with E-state index in [1.807, 2.05) is 0 Å². The van der Waals surface area contributed by atoms with E-state index in [1.165, 1.54) is 0 Å². The van der Waals surface area contributed by atoms with Crippen LogP contribution < -0.4 is 10.6 Å². The van der Waals surface area contributed by atoms with Crippen molar-refractivity contribution in [3.8, 4) is 0 Å². The maximum Gasteiger partial charge on any atom is 0.271 e. The van der Waals surface area contributed by atoms with Crippen LogP contribution >= 0.6 is 0 Å². The smallest absolute Gasteiger partial charge is 0.271 e. The fourth-order valence-electron chi connectivity index (χ4n) is 2.62. The van der Waals surface area contributed by atoms with Crippen LogP contribution in [-0.4, -0.2) is 40.4 Å². The van der Waals surface area contributed by atoms with Crippen molar-refractivity contribution in [2.45, 2.75) is 51.4 Å². The van der Waals surface area contributed by atoms with Gasteiger partial charge in [-0.1, -0.05) is 0 Å². The molecule has 1 fully saturated rings. The molecule has 0 spiro atoms. The highest BCUT2D eigenvalue weighted by molar-refractivity contribution is 5.91. The third kappa shape index (κ3) is 3.07. The highest BCUT2D eigenvalue weighted by atomic mass is 16.5. The van der Waals surface area contributed by atoms with Gasteiger partial charge in [0.2, 0.25) is 0 Å². The second-order valence-electron chi connectivity index (χ2n) is 6.25. The molecular weight excluding hydrogens is 256 g/mol. The number of anilines is 1. The summed E-state index contributed by atoms with van der Waals surface area (Å²) in [5.41, 5.74) is -0.123. The molecule has 0 aliphatic carbocycles. The molecule has 0 bridgehead atoms. The van der Waals surface area contributed by atoms with Crippen LogP contribution in [0.2, 0.25) is 0 Å². The minimum absolute atomic E-state index is 0.151. The number of hydrogen-bond donors (Lipinski definition) is 2. The van der Waals surface area contributed by atoms with Crippen LogP contribution in [0.5, 0.6) is 0 Å². The molecule has 0 radical (unpaired) electrons. The normalized spacial score (nSPS) is 23.4. The molecule has 1 aliphatic rings. The summed E-state index contributed by atoms with van der Waals surface area (Å²) in [6, 6.07) is 3.57. The molecule has 2 N–H and O–H groups in total. The lowest BCUT2D eigenvalue weighted by atomic mass is 9.94. The Labute approximate surface area is 119 Å². The summed E-state index contributed by atoms with van der Waals surface area (Å²) < 4.78 is 6.03. The lowest BCUT2D eigenvalue weighted by Crippen LogP contribution is -2.38. The molecule has 1 aromatic heterocycles. The van der Waals surface area contributed by atoms with Crippen molar-refractivity contribution in [3.05, 3.63) is 17.8 Å². The van der Waals surface area contributed by atoms with E-state index in [9.17, 15) is 4.79 Å². The van der Waals surface area contributed by atoms with Gasteiger partial charge in [0.15, 0.2) is 5.69 Å². The van der Waals surface area contributed by atoms with Gasteiger partial charge < -0.3 is 15.4 Å². The zero-order chi connectivity index (χ0) is 15.0. The highest BCUT2D eigenvalue weighted by Gasteiger charge is 2.45. The van der Waals surface area contributed by atoms with Crippen molar-refractivity contribution < 1.29 is 9.53 Å². The Morgan fingerprint density at radius 2 is 2.00 bits per heavy atom. The van der Waals surface area contributed by atoms with E-state index >= 15 is 0 Å². The molecule has 1 atom stereocenters. The minimum Gasteiger partial charge on any atom is -0.367 e. The van der Waals surface area contributed by atoms with Crippen molar-refractivity contribution in [1.82, 2.24) is 15.5 Å². The predicted octanol–water partition coefficient (Wildman–Crippen LogP) is 1.59. The first-order valence-electron chi connectivity index (χ1n) is 6.76.